The van der Waals surface area contributed by atoms with Gasteiger partial charge in [-0.05, 0) is 25.8 Å². The molecule has 0 amide bonds. The molecule has 1 fully saturated rings. The number of carbonyl (C=O) groups excluding carboxylic acids is 1. The van der Waals surface area contributed by atoms with E-state index in [0.29, 0.717) is 30.4 Å². The fraction of sp³-hybridized carbons (Fsp3) is 0.600. The Morgan fingerprint density at radius 1 is 1.10 bits per heavy atom. The fourth-order valence-corrected chi connectivity index (χ4v) is 3.32. The summed E-state index contributed by atoms with van der Waals surface area (Å²) in [4.78, 5) is 18.5. The summed E-state index contributed by atoms with van der Waals surface area (Å²) in [6.07, 6.45) is 1.53. The summed E-state index contributed by atoms with van der Waals surface area (Å²) in [5, 5.41) is 3.37. The van der Waals surface area contributed by atoms with Crippen molar-refractivity contribution in [3.05, 3.63) is 17.7 Å². The number of benzene rings is 1. The van der Waals surface area contributed by atoms with E-state index in [1.54, 1.807) is 28.4 Å². The number of piperidine rings is 1. The van der Waals surface area contributed by atoms with Crippen LogP contribution in [0.4, 0.5) is 0 Å². The van der Waals surface area contributed by atoms with Gasteiger partial charge in [-0.3, -0.25) is 9.79 Å². The van der Waals surface area contributed by atoms with Crippen LogP contribution in [0.2, 0.25) is 0 Å². The highest BCUT2D eigenvalue weighted by atomic mass is 127. The van der Waals surface area contributed by atoms with E-state index in [1.165, 1.54) is 0 Å². The second-order valence-corrected chi connectivity index (χ2v) is 6.43. The van der Waals surface area contributed by atoms with Crippen molar-refractivity contribution in [1.29, 1.82) is 0 Å². The molecule has 0 saturated carbocycles. The van der Waals surface area contributed by atoms with Gasteiger partial charge >= 0.3 is 5.97 Å². The Balaban J connectivity index is 0.00000420. The first kappa shape index (κ1) is 25.1. The van der Waals surface area contributed by atoms with Gasteiger partial charge in [-0.1, -0.05) is 0 Å². The zero-order chi connectivity index (χ0) is 20.5. The number of aliphatic imine (C=N–C) groups is 1. The van der Waals surface area contributed by atoms with E-state index in [0.717, 1.165) is 37.5 Å². The molecule has 9 heteroatoms. The summed E-state index contributed by atoms with van der Waals surface area (Å²) in [7, 11) is 6.58. The number of hydrogen-bond donors (Lipinski definition) is 1. The number of esters is 1. The van der Waals surface area contributed by atoms with Crippen LogP contribution < -0.4 is 19.5 Å². The minimum atomic E-state index is -0.0971. The fourth-order valence-electron chi connectivity index (χ4n) is 3.32. The van der Waals surface area contributed by atoms with Crippen molar-refractivity contribution in [2.24, 2.45) is 10.9 Å². The molecule has 0 aromatic heterocycles. The molecule has 0 spiro atoms. The zero-order valence-electron chi connectivity index (χ0n) is 17.8. The summed E-state index contributed by atoms with van der Waals surface area (Å²) < 4.78 is 21.3. The lowest BCUT2D eigenvalue weighted by Crippen LogP contribution is -2.46. The summed E-state index contributed by atoms with van der Waals surface area (Å²) >= 11 is 0. The lowest BCUT2D eigenvalue weighted by atomic mass is 9.97. The van der Waals surface area contributed by atoms with Crippen molar-refractivity contribution in [3.8, 4) is 17.2 Å². The highest BCUT2D eigenvalue weighted by molar-refractivity contribution is 14.0. The second-order valence-electron chi connectivity index (χ2n) is 6.43. The topological polar surface area (TPSA) is 81.6 Å². The third-order valence-electron chi connectivity index (χ3n) is 4.85. The molecule has 164 valence electrons. The third kappa shape index (κ3) is 6.55. The molecule has 0 atom stereocenters. The van der Waals surface area contributed by atoms with Gasteiger partial charge in [0, 0.05) is 38.3 Å². The van der Waals surface area contributed by atoms with Crippen molar-refractivity contribution < 1.29 is 23.7 Å². The van der Waals surface area contributed by atoms with Crippen molar-refractivity contribution in [2.45, 2.75) is 26.3 Å². The van der Waals surface area contributed by atoms with E-state index >= 15 is 0 Å². The molecule has 2 rings (SSSR count). The van der Waals surface area contributed by atoms with E-state index in [1.807, 2.05) is 19.1 Å². The number of likely N-dealkylation sites (tertiary alicyclic amines) is 1. The van der Waals surface area contributed by atoms with Gasteiger partial charge in [0.2, 0.25) is 0 Å². The molecule has 1 N–H and O–H groups in total. The van der Waals surface area contributed by atoms with E-state index in [2.05, 4.69) is 15.2 Å². The number of carbonyl (C=O) groups is 1. The summed E-state index contributed by atoms with van der Waals surface area (Å²) in [5.74, 6) is 2.64. The predicted octanol–water partition coefficient (Wildman–Crippen LogP) is 2.68. The minimum Gasteiger partial charge on any atom is -0.496 e. The maximum atomic E-state index is 11.9. The minimum absolute atomic E-state index is 0. The van der Waals surface area contributed by atoms with E-state index in [9.17, 15) is 4.79 Å². The van der Waals surface area contributed by atoms with Crippen LogP contribution in [0.3, 0.4) is 0 Å². The average Bonchev–Trinajstić information content (AvgIpc) is 2.74. The number of hydrogen-bond acceptors (Lipinski definition) is 6. The number of nitrogens with zero attached hydrogens (tertiary/aromatic N) is 2. The first-order valence-electron chi connectivity index (χ1n) is 9.49. The Morgan fingerprint density at radius 2 is 1.69 bits per heavy atom. The van der Waals surface area contributed by atoms with Crippen LogP contribution >= 0.6 is 24.0 Å². The predicted molar refractivity (Wildman–Crippen MR) is 123 cm³/mol. The molecule has 1 aliphatic rings. The lowest BCUT2D eigenvalue weighted by Gasteiger charge is -2.33. The number of guanidine groups is 1. The van der Waals surface area contributed by atoms with Gasteiger partial charge in [0.1, 0.15) is 5.75 Å². The average molecular weight is 521 g/mol. The maximum Gasteiger partial charge on any atom is 0.309 e. The summed E-state index contributed by atoms with van der Waals surface area (Å²) in [5.41, 5.74) is 0.933. The smallest absolute Gasteiger partial charge is 0.309 e. The Morgan fingerprint density at radius 3 is 2.21 bits per heavy atom. The molecule has 0 bridgehead atoms. The molecule has 1 heterocycles. The Hall–Kier alpha value is -1.91. The largest absolute Gasteiger partial charge is 0.496 e. The zero-order valence-corrected chi connectivity index (χ0v) is 20.1. The van der Waals surface area contributed by atoms with Crippen molar-refractivity contribution in [1.82, 2.24) is 10.2 Å². The van der Waals surface area contributed by atoms with Crippen LogP contribution in [0.1, 0.15) is 25.3 Å². The molecule has 0 radical (unpaired) electrons. The van der Waals surface area contributed by atoms with Crippen LogP contribution in [0.25, 0.3) is 0 Å². The second kappa shape index (κ2) is 12.6. The molecular weight excluding hydrogens is 489 g/mol. The van der Waals surface area contributed by atoms with E-state index in [-0.39, 0.29) is 35.9 Å². The van der Waals surface area contributed by atoms with Gasteiger partial charge in [-0.2, -0.15) is 0 Å². The van der Waals surface area contributed by atoms with Crippen LogP contribution in [-0.4, -0.2) is 64.9 Å². The third-order valence-corrected chi connectivity index (χ3v) is 4.85. The van der Waals surface area contributed by atoms with Crippen LogP contribution in [-0.2, 0) is 16.1 Å². The number of ether oxygens (including phenoxy) is 4. The number of rotatable bonds is 7. The van der Waals surface area contributed by atoms with E-state index < -0.39 is 0 Å². The van der Waals surface area contributed by atoms with Crippen molar-refractivity contribution in [3.63, 3.8) is 0 Å². The molecule has 1 aliphatic heterocycles. The highest BCUT2D eigenvalue weighted by Gasteiger charge is 2.27. The highest BCUT2D eigenvalue weighted by Crippen LogP contribution is 2.34. The van der Waals surface area contributed by atoms with Gasteiger partial charge in [0.05, 0.1) is 33.9 Å². The Kier molecular flexibility index (Phi) is 10.9. The number of methoxy groups -OCH3 is 3. The Labute approximate surface area is 189 Å². The van der Waals surface area contributed by atoms with Crippen molar-refractivity contribution in [2.75, 3.05) is 48.1 Å². The molecule has 1 aromatic rings. The standard InChI is InChI=1S/C20H31N3O5.HI/c1-6-28-19(24)14-7-9-23(10-8-14)20(21-2)22-13-15-11-17(26-4)18(27-5)12-16(15)25-3;/h11-12,14H,6-10,13H2,1-5H3,(H,21,22);1H. The van der Waals surface area contributed by atoms with Gasteiger partial charge in [-0.15, -0.1) is 24.0 Å². The molecular formula is C20H32IN3O5. The first-order chi connectivity index (χ1) is 13.6. The Bertz CT molecular complexity index is 691. The summed E-state index contributed by atoms with van der Waals surface area (Å²) in [6, 6.07) is 3.70. The normalized spacial score (nSPS) is 14.7. The van der Waals surface area contributed by atoms with Crippen LogP contribution in [0.5, 0.6) is 17.2 Å². The molecule has 0 unspecified atom stereocenters. The number of nitrogens with one attached hydrogen (secondary N) is 1. The van der Waals surface area contributed by atoms with Crippen LogP contribution in [0.15, 0.2) is 17.1 Å². The van der Waals surface area contributed by atoms with Gasteiger partial charge < -0.3 is 29.2 Å². The molecule has 0 aliphatic carbocycles. The molecule has 29 heavy (non-hydrogen) atoms. The van der Waals surface area contributed by atoms with Gasteiger partial charge in [0.25, 0.3) is 0 Å². The summed E-state index contributed by atoms with van der Waals surface area (Å²) in [6.45, 7) is 4.29. The maximum absolute atomic E-state index is 11.9. The van der Waals surface area contributed by atoms with Crippen LogP contribution in [0, 0.1) is 5.92 Å². The van der Waals surface area contributed by atoms with E-state index in [4.69, 9.17) is 18.9 Å². The lowest BCUT2D eigenvalue weighted by molar-refractivity contribution is -0.149. The molecule has 8 nitrogen and oxygen atoms in total. The molecule has 1 aromatic carbocycles. The van der Waals surface area contributed by atoms with Crippen molar-refractivity contribution >= 4 is 35.9 Å². The monoisotopic (exact) mass is 521 g/mol. The number of halogens is 1. The SMILES string of the molecule is CCOC(=O)C1CCN(C(=NC)NCc2cc(OC)c(OC)cc2OC)CC1.I. The molecule has 1 saturated heterocycles. The van der Waals surface area contributed by atoms with Gasteiger partial charge in [-0.25, -0.2) is 0 Å². The first-order valence-corrected chi connectivity index (χ1v) is 9.49. The quantitative estimate of drug-likeness (QED) is 0.256. The van der Waals surface area contributed by atoms with Gasteiger partial charge in [0.15, 0.2) is 17.5 Å².